The summed E-state index contributed by atoms with van der Waals surface area (Å²) in [5, 5.41) is 13.8. The van der Waals surface area contributed by atoms with Gasteiger partial charge in [0, 0.05) is 11.6 Å². The molecule has 4 heteroatoms. The molecule has 1 aliphatic rings. The molecule has 1 aromatic rings. The van der Waals surface area contributed by atoms with E-state index in [1.165, 1.54) is 0 Å². The summed E-state index contributed by atoms with van der Waals surface area (Å²) in [6.45, 7) is 8.00. The minimum atomic E-state index is -0.569. The number of para-hydroxylation sites is 1. The molecule has 1 aliphatic heterocycles. The third-order valence-corrected chi connectivity index (χ3v) is 3.17. The Balaban J connectivity index is 0.00000162. The number of halogens is 1. The molecule has 0 spiro atoms. The predicted molar refractivity (Wildman–Crippen MR) is 75.4 cm³/mol. The van der Waals surface area contributed by atoms with Gasteiger partial charge in [0.05, 0.1) is 6.04 Å². The van der Waals surface area contributed by atoms with Gasteiger partial charge in [0.15, 0.2) is 0 Å². The maximum absolute atomic E-state index is 10.4. The lowest BCUT2D eigenvalue weighted by atomic mass is 9.86. The van der Waals surface area contributed by atoms with E-state index < -0.39 is 11.7 Å². The second-order valence-corrected chi connectivity index (χ2v) is 5.49. The summed E-state index contributed by atoms with van der Waals surface area (Å²) in [5.74, 6) is 0.862. The third-order valence-electron chi connectivity index (χ3n) is 3.17. The highest BCUT2D eigenvalue weighted by Gasteiger charge is 2.42. The Bertz CT molecular complexity index is 407. The van der Waals surface area contributed by atoms with Crippen LogP contribution in [0.3, 0.4) is 0 Å². The Morgan fingerprint density at radius 3 is 2.50 bits per heavy atom. The monoisotopic (exact) mass is 271 g/mol. The number of nitrogens with one attached hydrogen (secondary N) is 1. The standard InChI is InChI=1S/C14H21NO2.ClH/c1-9(2)15-12-10-7-5-6-8-11(10)17-14(3,4)13(12)16;/h5-9,12-13,15-16H,1-4H3;1H. The van der Waals surface area contributed by atoms with Gasteiger partial charge in [0.2, 0.25) is 0 Å². The fourth-order valence-corrected chi connectivity index (χ4v) is 2.29. The van der Waals surface area contributed by atoms with E-state index in [1.807, 2.05) is 38.1 Å². The summed E-state index contributed by atoms with van der Waals surface area (Å²) in [6, 6.07) is 8.14. The lowest BCUT2D eigenvalue weighted by Gasteiger charge is -2.43. The van der Waals surface area contributed by atoms with Crippen molar-refractivity contribution in [2.75, 3.05) is 0 Å². The zero-order valence-corrected chi connectivity index (χ0v) is 12.1. The topological polar surface area (TPSA) is 41.5 Å². The van der Waals surface area contributed by atoms with Crippen molar-refractivity contribution in [1.29, 1.82) is 0 Å². The lowest BCUT2D eigenvalue weighted by molar-refractivity contribution is -0.0658. The van der Waals surface area contributed by atoms with Gasteiger partial charge in [-0.25, -0.2) is 0 Å². The van der Waals surface area contributed by atoms with Crippen LogP contribution in [0.5, 0.6) is 5.75 Å². The van der Waals surface area contributed by atoms with Gasteiger partial charge < -0.3 is 15.2 Å². The Morgan fingerprint density at radius 2 is 1.89 bits per heavy atom. The number of aliphatic hydroxyl groups is 1. The highest BCUT2D eigenvalue weighted by Crippen LogP contribution is 2.39. The first-order valence-corrected chi connectivity index (χ1v) is 6.14. The summed E-state index contributed by atoms with van der Waals surface area (Å²) < 4.78 is 5.85. The highest BCUT2D eigenvalue weighted by molar-refractivity contribution is 5.85. The first-order valence-electron chi connectivity index (χ1n) is 6.14. The maximum atomic E-state index is 10.4. The fraction of sp³-hybridized carbons (Fsp3) is 0.571. The summed E-state index contributed by atoms with van der Waals surface area (Å²) in [5.41, 5.74) is 0.467. The fourth-order valence-electron chi connectivity index (χ4n) is 2.29. The summed E-state index contributed by atoms with van der Waals surface area (Å²) in [7, 11) is 0. The van der Waals surface area contributed by atoms with Crippen molar-refractivity contribution in [1.82, 2.24) is 5.32 Å². The number of rotatable bonds is 2. The first kappa shape index (κ1) is 15.3. The SMILES string of the molecule is CC(C)NC1c2ccccc2OC(C)(C)C1O.Cl. The van der Waals surface area contributed by atoms with Gasteiger partial charge in [-0.2, -0.15) is 0 Å². The molecule has 3 nitrogen and oxygen atoms in total. The molecular weight excluding hydrogens is 250 g/mol. The zero-order chi connectivity index (χ0) is 12.6. The molecule has 0 saturated carbocycles. The van der Waals surface area contributed by atoms with Gasteiger partial charge in [-0.3, -0.25) is 0 Å². The van der Waals surface area contributed by atoms with Gasteiger partial charge in [-0.1, -0.05) is 32.0 Å². The van der Waals surface area contributed by atoms with E-state index in [-0.39, 0.29) is 18.4 Å². The third kappa shape index (κ3) is 2.79. The van der Waals surface area contributed by atoms with Gasteiger partial charge in [0.1, 0.15) is 17.5 Å². The van der Waals surface area contributed by atoms with E-state index in [1.54, 1.807) is 0 Å². The van der Waals surface area contributed by atoms with Crippen LogP contribution in [0.15, 0.2) is 24.3 Å². The van der Waals surface area contributed by atoms with Crippen LogP contribution in [0.2, 0.25) is 0 Å². The molecule has 0 aliphatic carbocycles. The van der Waals surface area contributed by atoms with Crippen LogP contribution in [-0.4, -0.2) is 22.9 Å². The number of benzene rings is 1. The lowest BCUT2D eigenvalue weighted by Crippen LogP contribution is -2.53. The van der Waals surface area contributed by atoms with Crippen LogP contribution in [0.4, 0.5) is 0 Å². The van der Waals surface area contributed by atoms with Crippen LogP contribution in [0.1, 0.15) is 39.3 Å². The number of aliphatic hydroxyl groups excluding tert-OH is 1. The van der Waals surface area contributed by atoms with Crippen molar-refractivity contribution in [3.8, 4) is 5.75 Å². The normalized spacial score (nSPS) is 25.0. The molecule has 0 fully saturated rings. The van der Waals surface area contributed by atoms with Crippen molar-refractivity contribution >= 4 is 12.4 Å². The van der Waals surface area contributed by atoms with E-state index >= 15 is 0 Å². The molecule has 2 unspecified atom stereocenters. The minimum absolute atomic E-state index is 0. The minimum Gasteiger partial charge on any atom is -0.485 e. The molecule has 2 N–H and O–H groups in total. The van der Waals surface area contributed by atoms with E-state index in [9.17, 15) is 5.11 Å². The molecule has 0 saturated heterocycles. The van der Waals surface area contributed by atoms with E-state index in [0.717, 1.165) is 11.3 Å². The second kappa shape index (κ2) is 5.47. The van der Waals surface area contributed by atoms with Gasteiger partial charge in [-0.15, -0.1) is 12.4 Å². The van der Waals surface area contributed by atoms with E-state index in [4.69, 9.17) is 4.74 Å². The first-order chi connectivity index (χ1) is 7.92. The van der Waals surface area contributed by atoms with Crippen LogP contribution >= 0.6 is 12.4 Å². The zero-order valence-electron chi connectivity index (χ0n) is 11.3. The quantitative estimate of drug-likeness (QED) is 0.869. The number of ether oxygens (including phenoxy) is 1. The van der Waals surface area contributed by atoms with Crippen molar-refractivity contribution in [2.24, 2.45) is 0 Å². The summed E-state index contributed by atoms with van der Waals surface area (Å²) in [4.78, 5) is 0. The molecule has 2 rings (SSSR count). The van der Waals surface area contributed by atoms with Gasteiger partial charge in [-0.05, 0) is 19.9 Å². The average Bonchev–Trinajstić information content (AvgIpc) is 2.24. The van der Waals surface area contributed by atoms with Gasteiger partial charge in [0.25, 0.3) is 0 Å². The Kier molecular flexibility index (Phi) is 4.65. The highest BCUT2D eigenvalue weighted by atomic mass is 35.5. The maximum Gasteiger partial charge on any atom is 0.131 e. The van der Waals surface area contributed by atoms with Crippen LogP contribution in [0, 0.1) is 0 Å². The second-order valence-electron chi connectivity index (χ2n) is 5.49. The van der Waals surface area contributed by atoms with E-state index in [0.29, 0.717) is 6.04 Å². The Labute approximate surface area is 115 Å². The van der Waals surface area contributed by atoms with Crippen LogP contribution < -0.4 is 10.1 Å². The molecule has 102 valence electrons. The molecular formula is C14H22ClNO2. The van der Waals surface area contributed by atoms with Crippen LogP contribution in [-0.2, 0) is 0 Å². The molecule has 0 aromatic heterocycles. The average molecular weight is 272 g/mol. The molecule has 2 atom stereocenters. The Morgan fingerprint density at radius 1 is 1.28 bits per heavy atom. The molecule has 0 radical (unpaired) electrons. The van der Waals surface area contributed by atoms with Gasteiger partial charge >= 0.3 is 0 Å². The molecule has 0 amide bonds. The summed E-state index contributed by atoms with van der Waals surface area (Å²) >= 11 is 0. The number of hydrogen-bond donors (Lipinski definition) is 2. The molecule has 18 heavy (non-hydrogen) atoms. The smallest absolute Gasteiger partial charge is 0.131 e. The van der Waals surface area contributed by atoms with Crippen molar-refractivity contribution in [2.45, 2.75) is 51.5 Å². The number of fused-ring (bicyclic) bond motifs is 1. The van der Waals surface area contributed by atoms with Crippen molar-refractivity contribution in [3.63, 3.8) is 0 Å². The summed E-state index contributed by atoms with van der Waals surface area (Å²) in [6.07, 6.45) is -0.556. The van der Waals surface area contributed by atoms with Crippen molar-refractivity contribution in [3.05, 3.63) is 29.8 Å². The predicted octanol–water partition coefficient (Wildman–Crippen LogP) is 2.68. The largest absolute Gasteiger partial charge is 0.485 e. The molecule has 0 bridgehead atoms. The molecule has 1 aromatic carbocycles. The molecule has 1 heterocycles. The van der Waals surface area contributed by atoms with E-state index in [2.05, 4.69) is 19.2 Å². The Hall–Kier alpha value is -0.770. The number of hydrogen-bond acceptors (Lipinski definition) is 3. The van der Waals surface area contributed by atoms with Crippen molar-refractivity contribution < 1.29 is 9.84 Å². The van der Waals surface area contributed by atoms with Crippen LogP contribution in [0.25, 0.3) is 0 Å².